The molecule has 0 aliphatic carbocycles. The third-order valence-corrected chi connectivity index (χ3v) is 4.54. The maximum atomic E-state index is 12.7. The Labute approximate surface area is 126 Å². The van der Waals surface area contributed by atoms with Crippen LogP contribution in [0.3, 0.4) is 0 Å². The molecule has 0 radical (unpaired) electrons. The number of carbonyl (C=O) groups is 2. The van der Waals surface area contributed by atoms with Gasteiger partial charge in [-0.3, -0.25) is 9.59 Å². The molecule has 2 atom stereocenters. The SMILES string of the molecule is CC(=O)N1CCC(C(=O)N2CC(O)CC2CN(C)C)CC1. The Morgan fingerprint density at radius 3 is 2.38 bits per heavy atom. The first kappa shape index (κ1) is 16.2. The Morgan fingerprint density at radius 2 is 1.86 bits per heavy atom. The third kappa shape index (κ3) is 3.95. The summed E-state index contributed by atoms with van der Waals surface area (Å²) in [6.45, 7) is 4.15. The predicted molar refractivity (Wildman–Crippen MR) is 79.7 cm³/mol. The minimum atomic E-state index is -0.406. The molecule has 2 fully saturated rings. The first-order chi connectivity index (χ1) is 9.88. The van der Waals surface area contributed by atoms with Crippen molar-refractivity contribution in [2.75, 3.05) is 40.3 Å². The molecule has 6 heteroatoms. The van der Waals surface area contributed by atoms with E-state index in [2.05, 4.69) is 4.90 Å². The molecule has 120 valence electrons. The number of amides is 2. The summed E-state index contributed by atoms with van der Waals surface area (Å²) in [5, 5.41) is 9.88. The lowest BCUT2D eigenvalue weighted by molar-refractivity contribution is -0.141. The fourth-order valence-electron chi connectivity index (χ4n) is 3.43. The number of hydrogen-bond donors (Lipinski definition) is 1. The van der Waals surface area contributed by atoms with Gasteiger partial charge in [0.15, 0.2) is 0 Å². The van der Waals surface area contributed by atoms with Crippen LogP contribution in [0.5, 0.6) is 0 Å². The number of aliphatic hydroxyl groups is 1. The molecular formula is C15H27N3O3. The Morgan fingerprint density at radius 1 is 1.24 bits per heavy atom. The van der Waals surface area contributed by atoms with Crippen molar-refractivity contribution in [1.29, 1.82) is 0 Å². The zero-order valence-corrected chi connectivity index (χ0v) is 13.3. The summed E-state index contributed by atoms with van der Waals surface area (Å²) in [4.78, 5) is 29.8. The van der Waals surface area contributed by atoms with Crippen molar-refractivity contribution in [3.8, 4) is 0 Å². The first-order valence-corrected chi connectivity index (χ1v) is 7.77. The molecule has 2 aliphatic rings. The fourth-order valence-corrected chi connectivity index (χ4v) is 3.43. The van der Waals surface area contributed by atoms with Crippen molar-refractivity contribution in [2.45, 2.75) is 38.3 Å². The van der Waals surface area contributed by atoms with E-state index in [0.717, 1.165) is 19.4 Å². The smallest absolute Gasteiger partial charge is 0.226 e. The highest BCUT2D eigenvalue weighted by atomic mass is 16.3. The lowest BCUT2D eigenvalue weighted by Crippen LogP contribution is -2.47. The quantitative estimate of drug-likeness (QED) is 0.781. The molecule has 0 aromatic heterocycles. The molecule has 6 nitrogen and oxygen atoms in total. The van der Waals surface area contributed by atoms with E-state index in [1.807, 2.05) is 19.0 Å². The van der Waals surface area contributed by atoms with Gasteiger partial charge in [-0.15, -0.1) is 0 Å². The second kappa shape index (κ2) is 6.75. The maximum absolute atomic E-state index is 12.7. The van der Waals surface area contributed by atoms with Crippen molar-refractivity contribution >= 4 is 11.8 Å². The second-order valence-corrected chi connectivity index (χ2v) is 6.58. The van der Waals surface area contributed by atoms with Crippen molar-refractivity contribution in [2.24, 2.45) is 5.92 Å². The lowest BCUT2D eigenvalue weighted by Gasteiger charge is -2.35. The number of β-amino-alcohol motifs (C(OH)–C–C–N with tert-alkyl or cyclic N) is 1. The average Bonchev–Trinajstić information content (AvgIpc) is 2.78. The highest BCUT2D eigenvalue weighted by Crippen LogP contribution is 2.25. The van der Waals surface area contributed by atoms with Gasteiger partial charge < -0.3 is 19.8 Å². The van der Waals surface area contributed by atoms with Gasteiger partial charge in [-0.25, -0.2) is 0 Å². The van der Waals surface area contributed by atoms with Crippen LogP contribution in [-0.2, 0) is 9.59 Å². The van der Waals surface area contributed by atoms with Crippen LogP contribution in [0.25, 0.3) is 0 Å². The van der Waals surface area contributed by atoms with Crippen molar-refractivity contribution in [3.63, 3.8) is 0 Å². The van der Waals surface area contributed by atoms with Crippen LogP contribution >= 0.6 is 0 Å². The third-order valence-electron chi connectivity index (χ3n) is 4.54. The highest BCUT2D eigenvalue weighted by Gasteiger charge is 2.38. The Bertz CT molecular complexity index is 392. The average molecular weight is 297 g/mol. The Balaban J connectivity index is 1.94. The van der Waals surface area contributed by atoms with Gasteiger partial charge in [-0.2, -0.15) is 0 Å². The van der Waals surface area contributed by atoms with Crippen LogP contribution in [0.4, 0.5) is 0 Å². The van der Waals surface area contributed by atoms with Gasteiger partial charge in [-0.1, -0.05) is 0 Å². The summed E-state index contributed by atoms with van der Waals surface area (Å²) >= 11 is 0. The Hall–Kier alpha value is -1.14. The van der Waals surface area contributed by atoms with E-state index in [-0.39, 0.29) is 23.8 Å². The van der Waals surface area contributed by atoms with E-state index in [1.54, 1.807) is 11.8 Å². The monoisotopic (exact) mass is 297 g/mol. The second-order valence-electron chi connectivity index (χ2n) is 6.58. The predicted octanol–water partition coefficient (Wildman–Crippen LogP) is -0.232. The lowest BCUT2D eigenvalue weighted by atomic mass is 9.95. The number of piperidine rings is 1. The summed E-state index contributed by atoms with van der Waals surface area (Å²) in [6, 6.07) is 0.105. The van der Waals surface area contributed by atoms with E-state index in [1.165, 1.54) is 0 Å². The molecule has 2 heterocycles. The number of rotatable bonds is 3. The first-order valence-electron chi connectivity index (χ1n) is 7.77. The topological polar surface area (TPSA) is 64.1 Å². The zero-order chi connectivity index (χ0) is 15.6. The minimum absolute atomic E-state index is 0.00411. The van der Waals surface area contributed by atoms with E-state index in [0.29, 0.717) is 26.1 Å². The van der Waals surface area contributed by atoms with Crippen LogP contribution in [0.2, 0.25) is 0 Å². The summed E-state index contributed by atoms with van der Waals surface area (Å²) in [5.74, 6) is 0.236. The van der Waals surface area contributed by atoms with Gasteiger partial charge in [0.2, 0.25) is 11.8 Å². The minimum Gasteiger partial charge on any atom is -0.391 e. The molecule has 0 aromatic carbocycles. The number of likely N-dealkylation sites (N-methyl/N-ethyl adjacent to an activating group) is 1. The van der Waals surface area contributed by atoms with Crippen LogP contribution in [-0.4, -0.2) is 84.0 Å². The number of nitrogens with zero attached hydrogens (tertiary/aromatic N) is 3. The standard InChI is InChI=1S/C15H27N3O3/c1-11(19)17-6-4-12(5-7-17)15(21)18-10-14(20)8-13(18)9-16(2)3/h12-14,20H,4-10H2,1-3H3. The molecule has 2 unspecified atom stereocenters. The molecule has 2 amide bonds. The van der Waals surface area contributed by atoms with Gasteiger partial charge >= 0.3 is 0 Å². The van der Waals surface area contributed by atoms with Gasteiger partial charge in [-0.05, 0) is 33.4 Å². The highest BCUT2D eigenvalue weighted by molar-refractivity contribution is 5.80. The Kier molecular flexibility index (Phi) is 5.22. The molecule has 0 saturated carbocycles. The molecule has 0 bridgehead atoms. The van der Waals surface area contributed by atoms with Gasteiger partial charge in [0.1, 0.15) is 0 Å². The molecule has 1 N–H and O–H groups in total. The number of likely N-dealkylation sites (tertiary alicyclic amines) is 2. The summed E-state index contributed by atoms with van der Waals surface area (Å²) in [5.41, 5.74) is 0. The maximum Gasteiger partial charge on any atom is 0.226 e. The molecule has 2 rings (SSSR count). The number of aliphatic hydroxyl groups excluding tert-OH is 1. The summed E-state index contributed by atoms with van der Waals surface area (Å²) in [7, 11) is 3.97. The molecule has 2 saturated heterocycles. The molecule has 21 heavy (non-hydrogen) atoms. The fraction of sp³-hybridized carbons (Fsp3) is 0.867. The molecule has 0 spiro atoms. The van der Waals surface area contributed by atoms with Crippen molar-refractivity contribution in [3.05, 3.63) is 0 Å². The van der Waals surface area contributed by atoms with Crippen LogP contribution in [0.15, 0.2) is 0 Å². The van der Waals surface area contributed by atoms with E-state index < -0.39 is 6.10 Å². The number of carbonyl (C=O) groups excluding carboxylic acids is 2. The molecule has 2 aliphatic heterocycles. The zero-order valence-electron chi connectivity index (χ0n) is 13.3. The molecular weight excluding hydrogens is 270 g/mol. The summed E-state index contributed by atoms with van der Waals surface area (Å²) < 4.78 is 0. The summed E-state index contributed by atoms with van der Waals surface area (Å²) in [6.07, 6.45) is 1.73. The van der Waals surface area contributed by atoms with Crippen molar-refractivity contribution < 1.29 is 14.7 Å². The van der Waals surface area contributed by atoms with Crippen LogP contribution in [0.1, 0.15) is 26.2 Å². The van der Waals surface area contributed by atoms with Gasteiger partial charge in [0.05, 0.1) is 6.10 Å². The van der Waals surface area contributed by atoms with Gasteiger partial charge in [0.25, 0.3) is 0 Å². The van der Waals surface area contributed by atoms with E-state index in [4.69, 9.17) is 0 Å². The van der Waals surface area contributed by atoms with E-state index >= 15 is 0 Å². The van der Waals surface area contributed by atoms with Crippen molar-refractivity contribution in [1.82, 2.24) is 14.7 Å². The normalized spacial score (nSPS) is 27.5. The van der Waals surface area contributed by atoms with Crippen LogP contribution in [0, 0.1) is 5.92 Å². The largest absolute Gasteiger partial charge is 0.391 e. The van der Waals surface area contributed by atoms with Crippen LogP contribution < -0.4 is 0 Å². The van der Waals surface area contributed by atoms with Gasteiger partial charge in [0, 0.05) is 45.1 Å². The van der Waals surface area contributed by atoms with E-state index in [9.17, 15) is 14.7 Å². The molecule has 0 aromatic rings. The number of hydrogen-bond acceptors (Lipinski definition) is 4.